The molecule has 3 N–H and O–H groups in total. The Morgan fingerprint density at radius 1 is 1.61 bits per heavy atom. The first-order valence-electron chi connectivity index (χ1n) is 5.94. The quantitative estimate of drug-likeness (QED) is 0.651. The maximum atomic E-state index is 13.1. The molecular weight excluding hydrogens is 251 g/mol. The van der Waals surface area contributed by atoms with E-state index in [9.17, 15) is 4.39 Å². The van der Waals surface area contributed by atoms with Crippen LogP contribution in [0, 0.1) is 11.2 Å². The summed E-state index contributed by atoms with van der Waals surface area (Å²) in [6.45, 7) is 2.88. The van der Waals surface area contributed by atoms with Gasteiger partial charge in [-0.15, -0.1) is 0 Å². The molecule has 1 fully saturated rings. The Morgan fingerprint density at radius 3 is 3.00 bits per heavy atom. The van der Waals surface area contributed by atoms with Crippen LogP contribution in [0.3, 0.4) is 0 Å². The summed E-state index contributed by atoms with van der Waals surface area (Å²) in [5.41, 5.74) is 6.88. The van der Waals surface area contributed by atoms with Gasteiger partial charge < -0.3 is 10.5 Å². The van der Waals surface area contributed by atoms with E-state index in [1.165, 1.54) is 12.1 Å². The van der Waals surface area contributed by atoms with Gasteiger partial charge in [-0.3, -0.25) is 5.41 Å². The molecule has 5 heteroatoms. The smallest absolute Gasteiger partial charge is 0.123 e. The number of nitrogens with one attached hydrogen (secondary N) is 1. The van der Waals surface area contributed by atoms with E-state index in [0.29, 0.717) is 10.8 Å². The summed E-state index contributed by atoms with van der Waals surface area (Å²) >= 11 is 1.78. The minimum absolute atomic E-state index is 0.0826. The van der Waals surface area contributed by atoms with Crippen LogP contribution in [-0.4, -0.2) is 23.8 Å². The molecule has 2 rings (SSSR count). The summed E-state index contributed by atoms with van der Waals surface area (Å²) in [6, 6.07) is 4.45. The van der Waals surface area contributed by atoms with E-state index >= 15 is 0 Å². The monoisotopic (exact) mass is 268 g/mol. The zero-order chi connectivity index (χ0) is 13.1. The fraction of sp³-hybridized carbons (Fsp3) is 0.462. The van der Waals surface area contributed by atoms with Crippen LogP contribution in [0.1, 0.15) is 24.5 Å². The van der Waals surface area contributed by atoms with Crippen LogP contribution in [0.5, 0.6) is 0 Å². The first-order chi connectivity index (χ1) is 8.58. The number of amidine groups is 1. The molecule has 1 aliphatic heterocycles. The second kappa shape index (κ2) is 5.71. The van der Waals surface area contributed by atoms with Crippen LogP contribution >= 0.6 is 11.8 Å². The Bertz CT molecular complexity index is 453. The molecule has 0 amide bonds. The van der Waals surface area contributed by atoms with E-state index in [1.54, 1.807) is 17.8 Å². The number of benzene rings is 1. The second-order valence-corrected chi connectivity index (χ2v) is 5.66. The van der Waals surface area contributed by atoms with Crippen molar-refractivity contribution in [3.05, 3.63) is 35.1 Å². The van der Waals surface area contributed by atoms with Gasteiger partial charge >= 0.3 is 0 Å². The third-order valence-corrected chi connectivity index (χ3v) is 4.65. The van der Waals surface area contributed by atoms with Crippen molar-refractivity contribution in [2.45, 2.75) is 30.5 Å². The summed E-state index contributed by atoms with van der Waals surface area (Å²) in [5, 5.41) is 7.94. The molecule has 0 spiro atoms. The van der Waals surface area contributed by atoms with Gasteiger partial charge in [-0.25, -0.2) is 4.39 Å². The van der Waals surface area contributed by atoms with Gasteiger partial charge in [0.25, 0.3) is 0 Å². The Hall–Kier alpha value is -1.07. The third-order valence-electron chi connectivity index (χ3n) is 3.12. The molecule has 0 saturated carbocycles. The van der Waals surface area contributed by atoms with E-state index < -0.39 is 0 Å². The van der Waals surface area contributed by atoms with Gasteiger partial charge in [0.15, 0.2) is 0 Å². The van der Waals surface area contributed by atoms with Crippen molar-refractivity contribution in [2.24, 2.45) is 5.73 Å². The van der Waals surface area contributed by atoms with Gasteiger partial charge in [-0.05, 0) is 31.0 Å². The molecule has 1 heterocycles. The largest absolute Gasteiger partial charge is 0.384 e. The van der Waals surface area contributed by atoms with Gasteiger partial charge in [0.1, 0.15) is 11.7 Å². The maximum absolute atomic E-state index is 13.1. The van der Waals surface area contributed by atoms with E-state index in [-0.39, 0.29) is 17.8 Å². The van der Waals surface area contributed by atoms with E-state index in [1.807, 2.05) is 0 Å². The molecule has 3 nitrogen and oxygen atoms in total. The van der Waals surface area contributed by atoms with Gasteiger partial charge in [0.2, 0.25) is 0 Å². The number of ether oxygens (including phenoxy) is 1. The number of rotatable bonds is 4. The van der Waals surface area contributed by atoms with Gasteiger partial charge in [0.05, 0.1) is 6.10 Å². The average Bonchev–Trinajstić information content (AvgIpc) is 2.73. The second-order valence-electron chi connectivity index (χ2n) is 4.43. The number of halogens is 1. The van der Waals surface area contributed by atoms with Crippen molar-refractivity contribution in [3.63, 3.8) is 0 Å². The number of hydrogen-bond donors (Lipinski definition) is 2. The Morgan fingerprint density at radius 2 is 2.39 bits per heavy atom. The Kier molecular flexibility index (Phi) is 4.24. The predicted molar refractivity (Wildman–Crippen MR) is 72.5 cm³/mol. The molecule has 0 radical (unpaired) electrons. The predicted octanol–water partition coefficient (Wildman–Crippen LogP) is 2.52. The van der Waals surface area contributed by atoms with Gasteiger partial charge in [0, 0.05) is 23.2 Å². The summed E-state index contributed by atoms with van der Waals surface area (Å²) in [5.74, 6) is 0.292. The molecule has 98 valence electrons. The van der Waals surface area contributed by atoms with Crippen LogP contribution in [0.25, 0.3) is 0 Å². The van der Waals surface area contributed by atoms with Crippen LogP contribution < -0.4 is 5.73 Å². The standard InChI is InChI=1S/C13H17FN2OS/c1-8-12(4-5-17-8)18-7-9-2-3-10(14)6-11(9)13(15)16/h2-3,6,8,12H,4-5,7H2,1H3,(H3,15,16). The Labute approximate surface area is 110 Å². The van der Waals surface area contributed by atoms with Crippen molar-refractivity contribution in [1.82, 2.24) is 0 Å². The summed E-state index contributed by atoms with van der Waals surface area (Å²) in [4.78, 5) is 0. The van der Waals surface area contributed by atoms with Crippen molar-refractivity contribution in [2.75, 3.05) is 6.61 Å². The molecule has 1 aromatic carbocycles. The minimum Gasteiger partial charge on any atom is -0.384 e. The van der Waals surface area contributed by atoms with E-state index in [2.05, 4.69) is 6.92 Å². The topological polar surface area (TPSA) is 59.1 Å². The lowest BCUT2D eigenvalue weighted by molar-refractivity contribution is 0.127. The molecular formula is C13H17FN2OS. The number of nitrogens with two attached hydrogens (primary N) is 1. The molecule has 2 unspecified atom stereocenters. The van der Waals surface area contributed by atoms with E-state index in [4.69, 9.17) is 15.9 Å². The van der Waals surface area contributed by atoms with Crippen molar-refractivity contribution in [1.29, 1.82) is 5.41 Å². The lowest BCUT2D eigenvalue weighted by Crippen LogP contribution is -2.16. The minimum atomic E-state index is -0.355. The molecule has 1 aromatic rings. The van der Waals surface area contributed by atoms with Gasteiger partial charge in [-0.1, -0.05) is 6.07 Å². The molecule has 0 bridgehead atoms. The highest BCUT2D eigenvalue weighted by Gasteiger charge is 2.24. The first-order valence-corrected chi connectivity index (χ1v) is 6.99. The number of thioether (sulfide) groups is 1. The highest BCUT2D eigenvalue weighted by Crippen LogP contribution is 2.29. The lowest BCUT2D eigenvalue weighted by Gasteiger charge is -2.15. The summed E-state index contributed by atoms with van der Waals surface area (Å²) in [6.07, 6.45) is 1.30. The number of hydrogen-bond acceptors (Lipinski definition) is 3. The molecule has 2 atom stereocenters. The zero-order valence-electron chi connectivity index (χ0n) is 10.3. The third kappa shape index (κ3) is 3.03. The number of nitrogen functional groups attached to an aromatic ring is 1. The SMILES string of the molecule is CC1OCCC1SCc1ccc(F)cc1C(=N)N. The van der Waals surface area contributed by atoms with Crippen molar-refractivity contribution < 1.29 is 9.13 Å². The van der Waals surface area contributed by atoms with Crippen molar-refractivity contribution >= 4 is 17.6 Å². The maximum Gasteiger partial charge on any atom is 0.123 e. The molecule has 0 aromatic heterocycles. The van der Waals surface area contributed by atoms with Crippen molar-refractivity contribution in [3.8, 4) is 0 Å². The summed E-state index contributed by atoms with van der Waals surface area (Å²) in [7, 11) is 0. The molecule has 18 heavy (non-hydrogen) atoms. The summed E-state index contributed by atoms with van der Waals surface area (Å²) < 4.78 is 18.6. The van der Waals surface area contributed by atoms with Crippen LogP contribution in [0.2, 0.25) is 0 Å². The molecule has 1 saturated heterocycles. The van der Waals surface area contributed by atoms with Crippen LogP contribution in [0.4, 0.5) is 4.39 Å². The average molecular weight is 268 g/mol. The van der Waals surface area contributed by atoms with E-state index in [0.717, 1.165) is 24.3 Å². The van der Waals surface area contributed by atoms with Gasteiger partial charge in [-0.2, -0.15) is 11.8 Å². The zero-order valence-corrected chi connectivity index (χ0v) is 11.1. The Balaban J connectivity index is 2.06. The fourth-order valence-corrected chi connectivity index (χ4v) is 3.31. The molecule has 0 aliphatic carbocycles. The van der Waals surface area contributed by atoms with Crippen LogP contribution in [-0.2, 0) is 10.5 Å². The van der Waals surface area contributed by atoms with Crippen LogP contribution in [0.15, 0.2) is 18.2 Å². The highest BCUT2D eigenvalue weighted by atomic mass is 32.2. The lowest BCUT2D eigenvalue weighted by atomic mass is 10.1. The molecule has 1 aliphatic rings. The highest BCUT2D eigenvalue weighted by molar-refractivity contribution is 7.99. The fourth-order valence-electron chi connectivity index (χ4n) is 2.05. The first kappa shape index (κ1) is 13.4. The normalized spacial score (nSPS) is 23.2.